The van der Waals surface area contributed by atoms with Crippen LogP contribution in [0.2, 0.25) is 0 Å². The molecule has 0 saturated carbocycles. The molecule has 1 unspecified atom stereocenters. The van der Waals surface area contributed by atoms with Crippen LogP contribution in [0, 0.1) is 5.92 Å². The van der Waals surface area contributed by atoms with Crippen LogP contribution in [0.3, 0.4) is 0 Å². The number of nitrogens with zero attached hydrogens (tertiary/aromatic N) is 1. The van der Waals surface area contributed by atoms with Crippen molar-refractivity contribution in [1.29, 1.82) is 0 Å². The quantitative estimate of drug-likeness (QED) is 0.607. The van der Waals surface area contributed by atoms with Crippen LogP contribution < -0.4 is 0 Å². The molecular weight excluding hydrogens is 314 g/mol. The van der Waals surface area contributed by atoms with Crippen LogP contribution in [0.4, 0.5) is 4.79 Å². The van der Waals surface area contributed by atoms with Gasteiger partial charge < -0.3 is 14.2 Å². The summed E-state index contributed by atoms with van der Waals surface area (Å²) in [5, 5.41) is 0. The van der Waals surface area contributed by atoms with Gasteiger partial charge in [-0.3, -0.25) is 14.5 Å². The maximum atomic E-state index is 12.1. The van der Waals surface area contributed by atoms with Crippen molar-refractivity contribution in [2.24, 2.45) is 5.92 Å². The van der Waals surface area contributed by atoms with Crippen LogP contribution in [0.15, 0.2) is 42.3 Å². The Morgan fingerprint density at radius 1 is 1.17 bits per heavy atom. The zero-order valence-corrected chi connectivity index (χ0v) is 13.6. The van der Waals surface area contributed by atoms with Crippen molar-refractivity contribution < 1.29 is 28.6 Å². The van der Waals surface area contributed by atoms with E-state index in [-0.39, 0.29) is 25.5 Å². The van der Waals surface area contributed by atoms with E-state index in [1.807, 2.05) is 30.3 Å². The first kappa shape index (κ1) is 17.5. The van der Waals surface area contributed by atoms with Gasteiger partial charge in [-0.05, 0) is 12.5 Å². The SMILES string of the molecule is CCOC(=O)C1CN(C(=O)OCc2ccccc2)C=C1OC(C)=O. The summed E-state index contributed by atoms with van der Waals surface area (Å²) < 4.78 is 15.2. The summed E-state index contributed by atoms with van der Waals surface area (Å²) in [7, 11) is 0. The molecule has 1 aliphatic rings. The second-order valence-corrected chi connectivity index (χ2v) is 5.12. The van der Waals surface area contributed by atoms with Gasteiger partial charge in [-0.25, -0.2) is 4.79 Å². The van der Waals surface area contributed by atoms with Crippen molar-refractivity contribution >= 4 is 18.0 Å². The standard InChI is InChI=1S/C17H19NO6/c1-3-22-16(20)14-9-18(10-15(14)24-12(2)19)17(21)23-11-13-7-5-4-6-8-13/h4-8,10,14H,3,9,11H2,1-2H3. The molecule has 0 spiro atoms. The minimum atomic E-state index is -0.835. The highest BCUT2D eigenvalue weighted by Gasteiger charge is 2.37. The lowest BCUT2D eigenvalue weighted by molar-refractivity contribution is -0.149. The Morgan fingerprint density at radius 3 is 2.50 bits per heavy atom. The van der Waals surface area contributed by atoms with E-state index in [1.54, 1.807) is 6.92 Å². The predicted molar refractivity (Wildman–Crippen MR) is 83.3 cm³/mol. The fourth-order valence-electron chi connectivity index (χ4n) is 2.21. The molecule has 0 fully saturated rings. The average molecular weight is 333 g/mol. The number of ether oxygens (including phenoxy) is 3. The highest BCUT2D eigenvalue weighted by atomic mass is 16.6. The highest BCUT2D eigenvalue weighted by Crippen LogP contribution is 2.25. The Labute approximate surface area is 139 Å². The number of carbonyl (C=O) groups excluding carboxylic acids is 3. The van der Waals surface area contributed by atoms with Crippen molar-refractivity contribution in [3.05, 3.63) is 47.9 Å². The van der Waals surface area contributed by atoms with Crippen LogP contribution in [0.1, 0.15) is 19.4 Å². The molecule has 1 amide bonds. The summed E-state index contributed by atoms with van der Waals surface area (Å²) in [6.45, 7) is 3.21. The third-order valence-electron chi connectivity index (χ3n) is 3.28. The molecule has 128 valence electrons. The Bertz CT molecular complexity index is 640. The molecule has 0 saturated heterocycles. The summed E-state index contributed by atoms with van der Waals surface area (Å²) in [5.74, 6) is -1.88. The van der Waals surface area contributed by atoms with Crippen molar-refractivity contribution in [3.63, 3.8) is 0 Å². The molecular formula is C17H19NO6. The van der Waals surface area contributed by atoms with E-state index in [1.165, 1.54) is 18.0 Å². The smallest absolute Gasteiger partial charge is 0.414 e. The maximum absolute atomic E-state index is 12.1. The molecule has 24 heavy (non-hydrogen) atoms. The number of amides is 1. The first-order valence-electron chi connectivity index (χ1n) is 7.55. The molecule has 1 atom stereocenters. The average Bonchev–Trinajstić information content (AvgIpc) is 2.97. The van der Waals surface area contributed by atoms with E-state index in [2.05, 4.69) is 0 Å². The second kappa shape index (κ2) is 8.14. The van der Waals surface area contributed by atoms with Crippen molar-refractivity contribution in [2.45, 2.75) is 20.5 Å². The van der Waals surface area contributed by atoms with E-state index < -0.39 is 23.9 Å². The first-order chi connectivity index (χ1) is 11.5. The Morgan fingerprint density at radius 2 is 1.88 bits per heavy atom. The number of carbonyl (C=O) groups is 3. The number of rotatable bonds is 5. The van der Waals surface area contributed by atoms with E-state index in [0.717, 1.165) is 5.56 Å². The summed E-state index contributed by atoms with van der Waals surface area (Å²) >= 11 is 0. The third-order valence-corrected chi connectivity index (χ3v) is 3.28. The van der Waals surface area contributed by atoms with Crippen molar-refractivity contribution in [1.82, 2.24) is 4.90 Å². The Kier molecular flexibility index (Phi) is 5.95. The van der Waals surface area contributed by atoms with E-state index in [0.29, 0.717) is 0 Å². The minimum absolute atomic E-state index is 0.00900. The molecule has 7 nitrogen and oxygen atoms in total. The second-order valence-electron chi connectivity index (χ2n) is 5.12. The van der Waals surface area contributed by atoms with Crippen molar-refractivity contribution in [3.8, 4) is 0 Å². The number of esters is 2. The third kappa shape index (κ3) is 4.58. The number of benzene rings is 1. The van der Waals surface area contributed by atoms with Gasteiger partial charge >= 0.3 is 18.0 Å². The molecule has 0 aromatic heterocycles. The molecule has 0 aliphatic carbocycles. The topological polar surface area (TPSA) is 82.1 Å². The van der Waals surface area contributed by atoms with E-state index in [4.69, 9.17) is 14.2 Å². The monoisotopic (exact) mass is 333 g/mol. The van der Waals surface area contributed by atoms with Gasteiger partial charge in [0.1, 0.15) is 18.3 Å². The lowest BCUT2D eigenvalue weighted by atomic mass is 10.1. The normalized spacial score (nSPS) is 16.3. The summed E-state index contributed by atoms with van der Waals surface area (Å²) in [6, 6.07) is 9.21. The van der Waals surface area contributed by atoms with Crippen LogP contribution in [0.25, 0.3) is 0 Å². The molecule has 7 heteroatoms. The summed E-state index contributed by atoms with van der Waals surface area (Å²) in [5.41, 5.74) is 0.844. The lowest BCUT2D eigenvalue weighted by Gasteiger charge is -2.15. The van der Waals surface area contributed by atoms with Gasteiger partial charge in [0.05, 0.1) is 6.61 Å². The minimum Gasteiger partial charge on any atom is -0.465 e. The van der Waals surface area contributed by atoms with Gasteiger partial charge in [0.25, 0.3) is 0 Å². The van der Waals surface area contributed by atoms with Crippen molar-refractivity contribution in [2.75, 3.05) is 13.2 Å². The van der Waals surface area contributed by atoms with Crippen LogP contribution >= 0.6 is 0 Å². The fourth-order valence-corrected chi connectivity index (χ4v) is 2.21. The molecule has 0 radical (unpaired) electrons. The van der Waals surface area contributed by atoms with E-state index >= 15 is 0 Å². The molecule has 1 heterocycles. The lowest BCUT2D eigenvalue weighted by Crippen LogP contribution is -2.30. The molecule has 1 aromatic carbocycles. The molecule has 0 N–H and O–H groups in total. The maximum Gasteiger partial charge on any atom is 0.414 e. The van der Waals surface area contributed by atoms with Gasteiger partial charge in [0, 0.05) is 19.7 Å². The van der Waals surface area contributed by atoms with Crippen LogP contribution in [-0.4, -0.2) is 36.1 Å². The van der Waals surface area contributed by atoms with Crippen LogP contribution in [0.5, 0.6) is 0 Å². The Balaban J connectivity index is 2.01. The molecule has 2 rings (SSSR count). The molecule has 1 aromatic rings. The molecule has 1 aliphatic heterocycles. The number of hydrogen-bond donors (Lipinski definition) is 0. The van der Waals surface area contributed by atoms with Gasteiger partial charge in [-0.1, -0.05) is 30.3 Å². The first-order valence-corrected chi connectivity index (χ1v) is 7.55. The van der Waals surface area contributed by atoms with Gasteiger partial charge in [0.15, 0.2) is 0 Å². The summed E-state index contributed by atoms with van der Waals surface area (Å²) in [4.78, 5) is 36.5. The van der Waals surface area contributed by atoms with Gasteiger partial charge in [0.2, 0.25) is 0 Å². The number of hydrogen-bond acceptors (Lipinski definition) is 6. The van der Waals surface area contributed by atoms with Crippen LogP contribution in [-0.2, 0) is 30.4 Å². The predicted octanol–water partition coefficient (Wildman–Crippen LogP) is 2.22. The Hall–Kier alpha value is -2.83. The zero-order valence-electron chi connectivity index (χ0n) is 13.6. The zero-order chi connectivity index (χ0) is 17.5. The summed E-state index contributed by atoms with van der Waals surface area (Å²) in [6.07, 6.45) is 0.673. The van der Waals surface area contributed by atoms with Gasteiger partial charge in [-0.15, -0.1) is 0 Å². The van der Waals surface area contributed by atoms with E-state index in [9.17, 15) is 14.4 Å². The highest BCUT2D eigenvalue weighted by molar-refractivity contribution is 5.80. The fraction of sp³-hybridized carbons (Fsp3) is 0.353. The largest absolute Gasteiger partial charge is 0.465 e. The molecule has 0 bridgehead atoms. The van der Waals surface area contributed by atoms with Gasteiger partial charge in [-0.2, -0.15) is 0 Å².